The fraction of sp³-hybridized carbons (Fsp3) is 0.0312. The van der Waals surface area contributed by atoms with E-state index in [9.17, 15) is 4.39 Å². The molecule has 2 atom stereocenters. The van der Waals surface area contributed by atoms with Crippen molar-refractivity contribution in [1.29, 1.82) is 0 Å². The summed E-state index contributed by atoms with van der Waals surface area (Å²) in [6.45, 7) is 0. The zero-order valence-corrected chi connectivity index (χ0v) is 37.1. The van der Waals surface area contributed by atoms with Gasteiger partial charge in [-0.25, -0.2) is 4.39 Å². The molecule has 0 fully saturated rings. The van der Waals surface area contributed by atoms with E-state index in [-0.39, 0.29) is 17.8 Å². The number of hydrogen-bond acceptors (Lipinski definition) is 2. The van der Waals surface area contributed by atoms with Gasteiger partial charge in [0.15, 0.2) is 0 Å². The van der Waals surface area contributed by atoms with Crippen molar-refractivity contribution in [1.82, 2.24) is 4.57 Å². The fourth-order valence-corrected chi connectivity index (χ4v) is 11.0. The molecule has 0 spiro atoms. The number of aromatic nitrogens is 1. The highest BCUT2D eigenvalue weighted by Gasteiger charge is 2.38. The van der Waals surface area contributed by atoms with Crippen LogP contribution in [0.1, 0.15) is 11.5 Å². The SMILES string of the molecule is Fc1ccc(-n2c(-c3ccccc3)c(-c3ccccc3)c3ccc4c(-c5ccc(N(c6ccc7c(c6)C6C=CC=CC6N7c6ccccc6)c6cccc7ccccc67)cc5)cccc4c32)cc1. The van der Waals surface area contributed by atoms with Crippen molar-refractivity contribution < 1.29 is 4.39 Å². The van der Waals surface area contributed by atoms with Gasteiger partial charge in [0.25, 0.3) is 0 Å². The number of allylic oxidation sites excluding steroid dienone is 2. The molecule has 4 heteroatoms. The average Bonchev–Trinajstić information content (AvgIpc) is 3.93. The van der Waals surface area contributed by atoms with E-state index in [1.165, 1.54) is 27.7 Å². The molecule has 0 amide bonds. The summed E-state index contributed by atoms with van der Waals surface area (Å²) in [5, 5.41) is 5.79. The van der Waals surface area contributed by atoms with Crippen molar-refractivity contribution in [3.63, 3.8) is 0 Å². The Hall–Kier alpha value is -8.73. The molecule has 0 radical (unpaired) electrons. The Morgan fingerprint density at radius 2 is 1.09 bits per heavy atom. The number of hydrogen-bond donors (Lipinski definition) is 0. The summed E-state index contributed by atoms with van der Waals surface area (Å²) in [4.78, 5) is 4.91. The van der Waals surface area contributed by atoms with Gasteiger partial charge in [0.2, 0.25) is 0 Å². The molecule has 0 N–H and O–H groups in total. The van der Waals surface area contributed by atoms with Crippen LogP contribution >= 0.6 is 0 Å². The Bertz CT molecular complexity index is 3740. The number of halogens is 1. The van der Waals surface area contributed by atoms with Gasteiger partial charge in [-0.1, -0.05) is 182 Å². The maximum Gasteiger partial charge on any atom is 0.123 e. The molecule has 2 aliphatic rings. The van der Waals surface area contributed by atoms with E-state index in [4.69, 9.17) is 0 Å². The zero-order valence-electron chi connectivity index (χ0n) is 37.1. The fourth-order valence-electron chi connectivity index (χ4n) is 11.0. The Morgan fingerprint density at radius 1 is 0.441 bits per heavy atom. The summed E-state index contributed by atoms with van der Waals surface area (Å²) in [6, 6.07) is 81.6. The Balaban J connectivity index is 0.980. The highest BCUT2D eigenvalue weighted by atomic mass is 19.1. The summed E-state index contributed by atoms with van der Waals surface area (Å²) in [5.41, 5.74) is 15.7. The second kappa shape index (κ2) is 16.3. The van der Waals surface area contributed by atoms with Crippen molar-refractivity contribution in [2.24, 2.45) is 0 Å². The first-order valence-electron chi connectivity index (χ1n) is 23.4. The van der Waals surface area contributed by atoms with Crippen molar-refractivity contribution in [3.8, 4) is 39.2 Å². The van der Waals surface area contributed by atoms with Crippen LogP contribution in [0.2, 0.25) is 0 Å². The molecule has 3 nitrogen and oxygen atoms in total. The van der Waals surface area contributed by atoms with Crippen LogP contribution in [-0.2, 0) is 0 Å². The molecule has 322 valence electrons. The van der Waals surface area contributed by atoms with Gasteiger partial charge in [-0.05, 0) is 111 Å². The average molecular weight is 874 g/mol. The molecule has 1 aliphatic heterocycles. The third-order valence-corrected chi connectivity index (χ3v) is 14.0. The molecule has 0 saturated carbocycles. The Morgan fingerprint density at radius 3 is 1.88 bits per heavy atom. The molecule has 2 unspecified atom stereocenters. The van der Waals surface area contributed by atoms with Crippen molar-refractivity contribution in [3.05, 3.63) is 266 Å². The zero-order chi connectivity index (χ0) is 45.1. The van der Waals surface area contributed by atoms with E-state index in [0.717, 1.165) is 77.9 Å². The maximum absolute atomic E-state index is 14.6. The predicted molar refractivity (Wildman–Crippen MR) is 283 cm³/mol. The molecular formula is C64H44FN3. The topological polar surface area (TPSA) is 11.4 Å². The van der Waals surface area contributed by atoms with Gasteiger partial charge in [0, 0.05) is 56.1 Å². The van der Waals surface area contributed by atoms with E-state index < -0.39 is 0 Å². The van der Waals surface area contributed by atoms with Crippen LogP contribution in [0.4, 0.5) is 32.8 Å². The number of para-hydroxylation sites is 1. The highest BCUT2D eigenvalue weighted by molar-refractivity contribution is 6.18. The third kappa shape index (κ3) is 6.48. The summed E-state index contributed by atoms with van der Waals surface area (Å²) >= 11 is 0. The number of fused-ring (bicyclic) bond motifs is 7. The second-order valence-electron chi connectivity index (χ2n) is 17.7. The molecule has 0 saturated heterocycles. The van der Waals surface area contributed by atoms with Crippen LogP contribution < -0.4 is 9.80 Å². The molecular weight excluding hydrogens is 830 g/mol. The lowest BCUT2D eigenvalue weighted by Crippen LogP contribution is -2.28. The van der Waals surface area contributed by atoms with Gasteiger partial charge in [0.05, 0.1) is 22.9 Å². The van der Waals surface area contributed by atoms with E-state index >= 15 is 0 Å². The molecule has 1 aliphatic carbocycles. The smallest absolute Gasteiger partial charge is 0.123 e. The highest BCUT2D eigenvalue weighted by Crippen LogP contribution is 2.51. The first kappa shape index (κ1) is 39.6. The van der Waals surface area contributed by atoms with Gasteiger partial charge >= 0.3 is 0 Å². The molecule has 1 aromatic heterocycles. The summed E-state index contributed by atoms with van der Waals surface area (Å²) in [5.74, 6) is -0.0379. The van der Waals surface area contributed by atoms with Crippen molar-refractivity contribution in [2.75, 3.05) is 9.80 Å². The van der Waals surface area contributed by atoms with Crippen LogP contribution in [0.15, 0.2) is 255 Å². The molecule has 2 heterocycles. The Labute approximate surface area is 395 Å². The number of benzene rings is 10. The molecule has 13 rings (SSSR count). The summed E-state index contributed by atoms with van der Waals surface area (Å²) in [7, 11) is 0. The first-order valence-corrected chi connectivity index (χ1v) is 23.4. The number of anilines is 5. The first-order chi connectivity index (χ1) is 33.7. The Kier molecular flexibility index (Phi) is 9.50. The van der Waals surface area contributed by atoms with E-state index in [2.05, 4.69) is 245 Å². The normalized spacial score (nSPS) is 15.0. The maximum atomic E-state index is 14.6. The lowest BCUT2D eigenvalue weighted by atomic mass is 9.91. The summed E-state index contributed by atoms with van der Waals surface area (Å²) < 4.78 is 16.9. The predicted octanol–water partition coefficient (Wildman–Crippen LogP) is 17.3. The standard InChI is InChI=1S/C64H44FN3/c65-47-32-36-50(37-33-47)68-63(46-19-6-2-7-20-46)62(45-17-4-1-5-18-45)57-40-39-54-52(26-15-27-56(54)64(57)68)44-30-34-49(35-31-44)66(59-29-14-21-43-16-10-11-24-53(43)59)51-38-41-61-58(42-51)55-25-12-13-28-60(55)67(61)48-22-8-3-9-23-48/h1-42,55,60H. The van der Waals surface area contributed by atoms with Gasteiger partial charge in [-0.3, -0.25) is 0 Å². The van der Waals surface area contributed by atoms with Crippen molar-refractivity contribution in [2.45, 2.75) is 12.0 Å². The molecule has 11 aromatic rings. The largest absolute Gasteiger partial charge is 0.333 e. The van der Waals surface area contributed by atoms with Crippen LogP contribution in [0.5, 0.6) is 0 Å². The quantitative estimate of drug-likeness (QED) is 0.151. The summed E-state index contributed by atoms with van der Waals surface area (Å²) in [6.07, 6.45) is 9.06. The number of rotatable bonds is 8. The minimum absolute atomic E-state index is 0.202. The lowest BCUT2D eigenvalue weighted by molar-refractivity contribution is 0.627. The van der Waals surface area contributed by atoms with Crippen LogP contribution in [0, 0.1) is 5.82 Å². The molecule has 68 heavy (non-hydrogen) atoms. The van der Waals surface area contributed by atoms with Crippen LogP contribution in [-0.4, -0.2) is 10.6 Å². The minimum Gasteiger partial charge on any atom is -0.333 e. The number of nitrogens with zero attached hydrogens (tertiary/aromatic N) is 3. The van der Waals surface area contributed by atoms with Gasteiger partial charge in [-0.15, -0.1) is 0 Å². The molecule has 0 bridgehead atoms. The monoisotopic (exact) mass is 873 g/mol. The minimum atomic E-state index is -0.261. The molecule has 10 aromatic carbocycles. The van der Waals surface area contributed by atoms with Crippen molar-refractivity contribution >= 4 is 60.9 Å². The van der Waals surface area contributed by atoms with Crippen LogP contribution in [0.25, 0.3) is 71.6 Å². The van der Waals surface area contributed by atoms with Crippen LogP contribution in [0.3, 0.4) is 0 Å². The van der Waals surface area contributed by atoms with Gasteiger partial charge < -0.3 is 14.4 Å². The van der Waals surface area contributed by atoms with Gasteiger partial charge in [-0.2, -0.15) is 0 Å². The third-order valence-electron chi connectivity index (χ3n) is 14.0. The lowest BCUT2D eigenvalue weighted by Gasteiger charge is -2.29. The van der Waals surface area contributed by atoms with E-state index in [1.807, 2.05) is 12.1 Å². The van der Waals surface area contributed by atoms with E-state index in [1.54, 1.807) is 12.1 Å². The van der Waals surface area contributed by atoms with Gasteiger partial charge in [0.1, 0.15) is 5.82 Å². The second-order valence-corrected chi connectivity index (χ2v) is 17.7. The van der Waals surface area contributed by atoms with E-state index in [0.29, 0.717) is 0 Å².